The third kappa shape index (κ3) is 2.22. The molecule has 11 heavy (non-hydrogen) atoms. The summed E-state index contributed by atoms with van der Waals surface area (Å²) in [6, 6.07) is 0. The van der Waals surface area contributed by atoms with Gasteiger partial charge in [0.25, 0.3) is 0 Å². The van der Waals surface area contributed by atoms with E-state index in [4.69, 9.17) is 0 Å². The van der Waals surface area contributed by atoms with Gasteiger partial charge in [-0.3, -0.25) is 4.79 Å². The normalized spacial score (nSPS) is 22.1. The summed E-state index contributed by atoms with van der Waals surface area (Å²) < 4.78 is 0. The number of rotatable bonds is 1. The first-order chi connectivity index (χ1) is 5.02. The third-order valence-corrected chi connectivity index (χ3v) is 3.83. The number of carbonyl (C=O) groups excluding carboxylic acids is 1. The van der Waals surface area contributed by atoms with Gasteiger partial charge in [0.15, 0.2) is 5.12 Å². The Labute approximate surface area is 70.9 Å². The van der Waals surface area contributed by atoms with Crippen molar-refractivity contribution in [2.24, 2.45) is 5.92 Å². The van der Waals surface area contributed by atoms with Gasteiger partial charge in [0.05, 0.1) is 0 Å². The van der Waals surface area contributed by atoms with E-state index in [2.05, 4.69) is 18.8 Å². The second-order valence-corrected chi connectivity index (χ2v) is 8.21. The van der Waals surface area contributed by atoms with Crippen molar-refractivity contribution in [3.8, 4) is 0 Å². The Kier molecular flexibility index (Phi) is 2.63. The molecule has 66 valence electrons. The Bertz CT molecular complexity index is 151. The first-order valence-corrected chi connectivity index (χ1v) is 7.10. The molecule has 0 aromatic heterocycles. The molecule has 1 nitrogen and oxygen atoms in total. The molecule has 0 amide bonds. The second-order valence-electron chi connectivity index (χ2n) is 4.14. The van der Waals surface area contributed by atoms with Crippen molar-refractivity contribution in [1.29, 1.82) is 0 Å². The smallest absolute Gasteiger partial charge is 0.174 e. The molecule has 1 fully saturated rings. The summed E-state index contributed by atoms with van der Waals surface area (Å²) in [5, 5.41) is 0.551. The van der Waals surface area contributed by atoms with Gasteiger partial charge in [0.2, 0.25) is 0 Å². The fraction of sp³-hybridized carbons (Fsp3) is 0.889. The van der Waals surface area contributed by atoms with Crippen molar-refractivity contribution in [2.75, 3.05) is 18.8 Å². The van der Waals surface area contributed by atoms with E-state index in [-0.39, 0.29) is 0 Å². The highest BCUT2D eigenvalue weighted by molar-refractivity contribution is 8.43. The molecule has 0 radical (unpaired) electrons. The largest absolute Gasteiger partial charge is 0.289 e. The molecular formula is C9H18OS. The molecule has 0 N–H and O–H groups in total. The summed E-state index contributed by atoms with van der Waals surface area (Å²) in [5.74, 6) is 0.421. The maximum absolute atomic E-state index is 11.7. The van der Waals surface area contributed by atoms with Crippen molar-refractivity contribution in [1.82, 2.24) is 0 Å². The van der Waals surface area contributed by atoms with Gasteiger partial charge in [0, 0.05) is 5.92 Å². The summed E-state index contributed by atoms with van der Waals surface area (Å²) in [6.07, 6.45) is 11.2. The Morgan fingerprint density at radius 3 is 2.00 bits per heavy atom. The van der Waals surface area contributed by atoms with Crippen LogP contribution in [0.2, 0.25) is 0 Å². The van der Waals surface area contributed by atoms with Crippen LogP contribution >= 0.6 is 10.0 Å². The molecule has 2 heteroatoms. The fourth-order valence-electron chi connectivity index (χ4n) is 1.66. The van der Waals surface area contributed by atoms with Gasteiger partial charge in [-0.2, -0.15) is 10.0 Å². The van der Waals surface area contributed by atoms with Gasteiger partial charge in [-0.1, -0.05) is 12.8 Å². The monoisotopic (exact) mass is 174 g/mol. The minimum atomic E-state index is -0.925. The Morgan fingerprint density at radius 2 is 1.64 bits per heavy atom. The lowest BCUT2D eigenvalue weighted by molar-refractivity contribution is -0.114. The minimum Gasteiger partial charge on any atom is -0.289 e. The van der Waals surface area contributed by atoms with Crippen molar-refractivity contribution in [3.05, 3.63) is 0 Å². The summed E-state index contributed by atoms with van der Waals surface area (Å²) in [6.45, 7) is 0. The fourth-order valence-corrected chi connectivity index (χ4v) is 2.90. The zero-order valence-electron chi connectivity index (χ0n) is 7.72. The summed E-state index contributed by atoms with van der Waals surface area (Å²) in [4.78, 5) is 11.7. The molecule has 1 aliphatic rings. The number of hydrogen-bond acceptors (Lipinski definition) is 1. The van der Waals surface area contributed by atoms with Crippen LogP contribution in [0.5, 0.6) is 0 Å². The molecule has 0 atom stereocenters. The molecule has 0 heterocycles. The lowest BCUT2D eigenvalue weighted by Gasteiger charge is -2.26. The predicted octanol–water partition coefficient (Wildman–Crippen LogP) is 2.40. The van der Waals surface area contributed by atoms with E-state index in [9.17, 15) is 4.79 Å². The molecule has 1 saturated carbocycles. The highest BCUT2D eigenvalue weighted by atomic mass is 32.3. The molecule has 0 aliphatic heterocycles. The second kappa shape index (κ2) is 3.18. The van der Waals surface area contributed by atoms with E-state index in [1.807, 2.05) is 0 Å². The van der Waals surface area contributed by atoms with Gasteiger partial charge >= 0.3 is 0 Å². The number of hydrogen-bond donors (Lipinski definition) is 0. The molecule has 0 aromatic rings. The van der Waals surface area contributed by atoms with Crippen molar-refractivity contribution in [3.63, 3.8) is 0 Å². The van der Waals surface area contributed by atoms with Crippen LogP contribution in [-0.4, -0.2) is 23.9 Å². The zero-order chi connectivity index (χ0) is 8.48. The van der Waals surface area contributed by atoms with Crippen LogP contribution in [0.1, 0.15) is 25.7 Å². The molecule has 0 saturated heterocycles. The van der Waals surface area contributed by atoms with E-state index < -0.39 is 10.0 Å². The van der Waals surface area contributed by atoms with E-state index in [0.717, 1.165) is 12.8 Å². The van der Waals surface area contributed by atoms with Crippen molar-refractivity contribution >= 4 is 15.1 Å². The third-order valence-electron chi connectivity index (χ3n) is 2.29. The Morgan fingerprint density at radius 1 is 1.18 bits per heavy atom. The van der Waals surface area contributed by atoms with Crippen LogP contribution in [0.25, 0.3) is 0 Å². The molecule has 1 rings (SSSR count). The SMILES string of the molecule is CS(C)(C)C(=O)C1CCCC1. The van der Waals surface area contributed by atoms with E-state index in [1.54, 1.807) is 0 Å². The molecular weight excluding hydrogens is 156 g/mol. The maximum atomic E-state index is 11.7. The topological polar surface area (TPSA) is 17.1 Å². The maximum Gasteiger partial charge on any atom is 0.174 e. The quantitative estimate of drug-likeness (QED) is 0.596. The van der Waals surface area contributed by atoms with Gasteiger partial charge in [0.1, 0.15) is 0 Å². The van der Waals surface area contributed by atoms with Crippen LogP contribution in [0.15, 0.2) is 0 Å². The van der Waals surface area contributed by atoms with Gasteiger partial charge in [-0.05, 0) is 31.6 Å². The highest BCUT2D eigenvalue weighted by Gasteiger charge is 2.28. The van der Waals surface area contributed by atoms with Crippen LogP contribution in [0.4, 0.5) is 0 Å². The van der Waals surface area contributed by atoms with Crippen LogP contribution in [0, 0.1) is 5.92 Å². The highest BCUT2D eigenvalue weighted by Crippen LogP contribution is 2.43. The van der Waals surface area contributed by atoms with Crippen LogP contribution < -0.4 is 0 Å². The standard InChI is InChI=1S/C9H18OS/c1-11(2,3)9(10)8-6-4-5-7-8/h8H,4-7H2,1-3H3. The molecule has 1 aliphatic carbocycles. The molecule has 0 spiro atoms. The Hall–Kier alpha value is 0.0200. The van der Waals surface area contributed by atoms with Crippen LogP contribution in [0.3, 0.4) is 0 Å². The minimum absolute atomic E-state index is 0.421. The van der Waals surface area contributed by atoms with Crippen molar-refractivity contribution in [2.45, 2.75) is 25.7 Å². The van der Waals surface area contributed by atoms with Gasteiger partial charge < -0.3 is 0 Å². The average Bonchev–Trinajstić information content (AvgIpc) is 2.34. The van der Waals surface area contributed by atoms with Gasteiger partial charge in [-0.25, -0.2) is 0 Å². The zero-order valence-corrected chi connectivity index (χ0v) is 8.54. The summed E-state index contributed by atoms with van der Waals surface area (Å²) >= 11 is 0. The average molecular weight is 174 g/mol. The lowest BCUT2D eigenvalue weighted by Crippen LogP contribution is -2.16. The Balaban J connectivity index is 2.53. The molecule has 0 aromatic carbocycles. The first kappa shape index (κ1) is 9.11. The lowest BCUT2D eigenvalue weighted by atomic mass is 10.1. The summed E-state index contributed by atoms with van der Waals surface area (Å²) in [5.41, 5.74) is 0. The molecule has 0 unspecified atom stereocenters. The van der Waals surface area contributed by atoms with Crippen molar-refractivity contribution < 1.29 is 4.79 Å². The van der Waals surface area contributed by atoms with Gasteiger partial charge in [-0.15, -0.1) is 0 Å². The summed E-state index contributed by atoms with van der Waals surface area (Å²) in [7, 11) is -0.925. The number of carbonyl (C=O) groups is 1. The molecule has 0 bridgehead atoms. The van der Waals surface area contributed by atoms with E-state index in [0.29, 0.717) is 11.0 Å². The predicted molar refractivity (Wildman–Crippen MR) is 52.3 cm³/mol. The first-order valence-electron chi connectivity index (χ1n) is 4.24. The van der Waals surface area contributed by atoms with E-state index in [1.165, 1.54) is 12.8 Å². The van der Waals surface area contributed by atoms with Crippen LogP contribution in [-0.2, 0) is 4.79 Å². The van der Waals surface area contributed by atoms with E-state index >= 15 is 0 Å².